The molecule has 9 heteroatoms. The van der Waals surface area contributed by atoms with E-state index in [0.29, 0.717) is 23.6 Å². The number of hydrogen-bond donors (Lipinski definition) is 1. The van der Waals surface area contributed by atoms with Crippen molar-refractivity contribution in [3.8, 4) is 15.6 Å². The second kappa shape index (κ2) is 8.04. The van der Waals surface area contributed by atoms with Crippen LogP contribution in [-0.2, 0) is 5.41 Å². The molecule has 0 saturated carbocycles. The van der Waals surface area contributed by atoms with Gasteiger partial charge in [0.15, 0.2) is 5.76 Å². The van der Waals surface area contributed by atoms with Gasteiger partial charge in [-0.05, 0) is 49.3 Å². The zero-order valence-electron chi connectivity index (χ0n) is 15.4. The second-order valence-corrected chi connectivity index (χ2v) is 8.90. The Bertz CT molecular complexity index is 834. The number of thiazole rings is 1. The molecular formula is C18H23N5O2S2. The molecule has 1 fully saturated rings. The third-order valence-corrected chi connectivity index (χ3v) is 7.00. The van der Waals surface area contributed by atoms with Crippen molar-refractivity contribution in [3.63, 3.8) is 0 Å². The highest BCUT2D eigenvalue weighted by atomic mass is 32.1. The summed E-state index contributed by atoms with van der Waals surface area (Å²) in [5.41, 5.74) is 0.982. The largest absolute Gasteiger partial charge is 0.470 e. The zero-order chi connectivity index (χ0) is 18.7. The predicted molar refractivity (Wildman–Crippen MR) is 105 cm³/mol. The Morgan fingerprint density at radius 1 is 1.37 bits per heavy atom. The topological polar surface area (TPSA) is 86.0 Å². The predicted octanol–water partition coefficient (Wildman–Crippen LogP) is 3.62. The Morgan fingerprint density at radius 3 is 3.04 bits per heavy atom. The lowest BCUT2D eigenvalue weighted by Gasteiger charge is -2.44. The van der Waals surface area contributed by atoms with E-state index in [2.05, 4.69) is 38.9 Å². The van der Waals surface area contributed by atoms with E-state index in [9.17, 15) is 0 Å². The van der Waals surface area contributed by atoms with Gasteiger partial charge in [0.05, 0.1) is 17.7 Å². The Balaban J connectivity index is 1.48. The molecule has 0 radical (unpaired) electrons. The van der Waals surface area contributed by atoms with Crippen LogP contribution in [0.1, 0.15) is 32.4 Å². The molecule has 1 aliphatic rings. The van der Waals surface area contributed by atoms with Crippen LogP contribution in [-0.4, -0.2) is 39.4 Å². The molecule has 0 aromatic carbocycles. The van der Waals surface area contributed by atoms with E-state index in [1.54, 1.807) is 17.5 Å². The highest BCUT2D eigenvalue weighted by molar-refractivity contribution is 7.17. The normalized spacial score (nSPS) is 23.0. The van der Waals surface area contributed by atoms with Gasteiger partial charge in [0.2, 0.25) is 0 Å². The first-order valence-corrected chi connectivity index (χ1v) is 10.8. The van der Waals surface area contributed by atoms with Crippen LogP contribution in [0.3, 0.4) is 0 Å². The third kappa shape index (κ3) is 3.76. The van der Waals surface area contributed by atoms with Gasteiger partial charge in [0.25, 0.3) is 5.19 Å². The van der Waals surface area contributed by atoms with Gasteiger partial charge in [0.1, 0.15) is 0 Å². The monoisotopic (exact) mass is 405 g/mol. The fourth-order valence-electron chi connectivity index (χ4n) is 4.05. The van der Waals surface area contributed by atoms with E-state index in [4.69, 9.17) is 9.26 Å². The molecule has 1 aliphatic heterocycles. The number of hydrogen-bond acceptors (Lipinski definition) is 9. The fourth-order valence-corrected chi connectivity index (χ4v) is 5.44. The van der Waals surface area contributed by atoms with Crippen molar-refractivity contribution < 1.29 is 9.26 Å². The summed E-state index contributed by atoms with van der Waals surface area (Å²) in [6, 6.07) is 0. The maximum atomic E-state index is 6.03. The molecule has 0 aliphatic carbocycles. The number of ether oxygens (including phenoxy) is 1. The summed E-state index contributed by atoms with van der Waals surface area (Å²) in [5, 5.41) is 13.9. The molecule has 27 heavy (non-hydrogen) atoms. The number of aromatic nitrogens is 4. The standard InChI is InChI=1S/C18H23N5O2S2/c1-12(2)14-8-19-5-3-18(14,16-10-21-23-25-16)4-6-24-17-20-9-15(27-17)13-7-22-26-11-13/h7,9-12,14,19H,3-6,8H2,1-2H3. The van der Waals surface area contributed by atoms with Crippen LogP contribution in [0.15, 0.2) is 28.5 Å². The lowest BCUT2D eigenvalue weighted by Crippen LogP contribution is -2.50. The van der Waals surface area contributed by atoms with E-state index < -0.39 is 0 Å². The first-order valence-electron chi connectivity index (χ1n) is 9.16. The quantitative estimate of drug-likeness (QED) is 0.642. The molecule has 2 atom stereocenters. The second-order valence-electron chi connectivity index (χ2n) is 7.24. The molecule has 7 nitrogen and oxygen atoms in total. The molecule has 3 aromatic heterocycles. The summed E-state index contributed by atoms with van der Waals surface area (Å²) in [7, 11) is 0. The van der Waals surface area contributed by atoms with Crippen molar-refractivity contribution in [3.05, 3.63) is 29.7 Å². The van der Waals surface area contributed by atoms with Gasteiger partial charge < -0.3 is 14.6 Å². The van der Waals surface area contributed by atoms with Crippen LogP contribution in [0.25, 0.3) is 10.4 Å². The van der Waals surface area contributed by atoms with Crippen LogP contribution in [0.2, 0.25) is 0 Å². The summed E-state index contributed by atoms with van der Waals surface area (Å²) < 4.78 is 15.7. The summed E-state index contributed by atoms with van der Waals surface area (Å²) in [4.78, 5) is 5.49. The van der Waals surface area contributed by atoms with Gasteiger partial charge in [-0.15, -0.1) is 5.10 Å². The maximum absolute atomic E-state index is 6.03. The van der Waals surface area contributed by atoms with Crippen molar-refractivity contribution in [1.29, 1.82) is 0 Å². The molecule has 0 spiro atoms. The fraction of sp³-hybridized carbons (Fsp3) is 0.556. The number of nitrogens with zero attached hydrogens (tertiary/aromatic N) is 4. The first-order chi connectivity index (χ1) is 13.2. The van der Waals surface area contributed by atoms with Crippen LogP contribution in [0.4, 0.5) is 0 Å². The Hall–Kier alpha value is -1.84. The summed E-state index contributed by atoms with van der Waals surface area (Å²) >= 11 is 2.99. The number of nitrogens with one attached hydrogen (secondary N) is 1. The first kappa shape index (κ1) is 18.5. The molecule has 0 amide bonds. The molecule has 0 bridgehead atoms. The molecule has 144 valence electrons. The molecule has 1 saturated heterocycles. The van der Waals surface area contributed by atoms with E-state index in [0.717, 1.165) is 42.1 Å². The molecule has 3 aromatic rings. The number of piperidine rings is 1. The number of rotatable bonds is 7. The van der Waals surface area contributed by atoms with Gasteiger partial charge in [0, 0.05) is 34.0 Å². The summed E-state index contributed by atoms with van der Waals surface area (Å²) in [6.45, 7) is 7.03. The molecule has 2 unspecified atom stereocenters. The van der Waals surface area contributed by atoms with Gasteiger partial charge in [-0.3, -0.25) is 0 Å². The van der Waals surface area contributed by atoms with E-state index >= 15 is 0 Å². The third-order valence-electron chi connectivity index (χ3n) is 5.45. The van der Waals surface area contributed by atoms with Crippen molar-refractivity contribution in [2.24, 2.45) is 11.8 Å². The van der Waals surface area contributed by atoms with Crippen LogP contribution in [0.5, 0.6) is 5.19 Å². The Labute approximate surface area is 166 Å². The van der Waals surface area contributed by atoms with Crippen molar-refractivity contribution >= 4 is 22.9 Å². The zero-order valence-corrected chi connectivity index (χ0v) is 17.1. The van der Waals surface area contributed by atoms with Gasteiger partial charge in [-0.2, -0.15) is 0 Å². The molecular weight excluding hydrogens is 382 g/mol. The van der Waals surface area contributed by atoms with Crippen molar-refractivity contribution in [1.82, 2.24) is 25.0 Å². The van der Waals surface area contributed by atoms with E-state index in [1.165, 1.54) is 11.5 Å². The lowest BCUT2D eigenvalue weighted by atomic mass is 9.63. The maximum Gasteiger partial charge on any atom is 0.273 e. The van der Waals surface area contributed by atoms with Crippen LogP contribution in [0, 0.1) is 11.8 Å². The van der Waals surface area contributed by atoms with Gasteiger partial charge >= 0.3 is 0 Å². The SMILES string of the molecule is CC(C)C1CNCCC1(CCOc1ncc(-c2cnsc2)s1)c1cnno1. The van der Waals surface area contributed by atoms with Crippen molar-refractivity contribution in [2.75, 3.05) is 19.7 Å². The average molecular weight is 406 g/mol. The van der Waals surface area contributed by atoms with Crippen LogP contribution >= 0.6 is 22.9 Å². The Kier molecular flexibility index (Phi) is 5.51. The Morgan fingerprint density at radius 2 is 2.30 bits per heavy atom. The highest BCUT2D eigenvalue weighted by Crippen LogP contribution is 2.44. The molecule has 4 heterocycles. The van der Waals surface area contributed by atoms with E-state index in [-0.39, 0.29) is 5.41 Å². The van der Waals surface area contributed by atoms with Gasteiger partial charge in [-0.1, -0.05) is 25.2 Å². The minimum absolute atomic E-state index is 0.111. The van der Waals surface area contributed by atoms with Crippen LogP contribution < -0.4 is 10.1 Å². The molecule has 4 rings (SSSR count). The minimum Gasteiger partial charge on any atom is -0.470 e. The van der Waals surface area contributed by atoms with E-state index in [1.807, 2.05) is 17.8 Å². The minimum atomic E-state index is -0.111. The summed E-state index contributed by atoms with van der Waals surface area (Å²) in [6.07, 6.45) is 7.31. The molecule has 1 N–H and O–H groups in total. The summed E-state index contributed by atoms with van der Waals surface area (Å²) in [5.74, 6) is 1.82. The van der Waals surface area contributed by atoms with Crippen molar-refractivity contribution in [2.45, 2.75) is 32.1 Å². The highest BCUT2D eigenvalue weighted by Gasteiger charge is 2.46. The smallest absolute Gasteiger partial charge is 0.273 e. The average Bonchev–Trinajstić information content (AvgIpc) is 3.42. The lowest BCUT2D eigenvalue weighted by molar-refractivity contribution is 0.0902. The van der Waals surface area contributed by atoms with Gasteiger partial charge in [-0.25, -0.2) is 9.36 Å².